The molecule has 116 valence electrons. The van der Waals surface area contributed by atoms with Gasteiger partial charge in [-0.2, -0.15) is 0 Å². The van der Waals surface area contributed by atoms with E-state index >= 15 is 0 Å². The smallest absolute Gasteiger partial charge is 0.261 e. The van der Waals surface area contributed by atoms with E-state index in [-0.39, 0.29) is 11.7 Å². The van der Waals surface area contributed by atoms with Crippen LogP contribution in [-0.4, -0.2) is 19.1 Å². The molecule has 4 nitrogen and oxygen atoms in total. The van der Waals surface area contributed by atoms with E-state index in [0.717, 1.165) is 11.3 Å². The highest BCUT2D eigenvalue weighted by Crippen LogP contribution is 2.17. The second-order valence-corrected chi connectivity index (χ2v) is 4.76. The molecule has 22 heavy (non-hydrogen) atoms. The number of amides is 1. The first kappa shape index (κ1) is 15.8. The zero-order chi connectivity index (χ0) is 15.9. The van der Waals surface area contributed by atoms with Crippen molar-refractivity contribution in [3.63, 3.8) is 0 Å². The molecule has 0 aromatic heterocycles. The number of nitrogens with one attached hydrogen (secondary N) is 1. The average molecular weight is 303 g/mol. The Morgan fingerprint density at radius 2 is 1.86 bits per heavy atom. The Morgan fingerprint density at radius 1 is 1.18 bits per heavy atom. The summed E-state index contributed by atoms with van der Waals surface area (Å²) in [6, 6.07) is 13.4. The van der Waals surface area contributed by atoms with Crippen molar-refractivity contribution in [3.05, 3.63) is 59.9 Å². The standard InChI is InChI=1S/C17H18FNO3/c1-12(22-16-6-4-3-5-15(16)18)17(20)19-11-13-7-9-14(21-2)10-8-13/h3-10,12H,11H2,1-2H3,(H,19,20)/t12-/m0/s1. The SMILES string of the molecule is COc1ccc(CNC(=O)[C@H](C)Oc2ccccc2F)cc1. The van der Waals surface area contributed by atoms with E-state index in [4.69, 9.17) is 9.47 Å². The van der Waals surface area contributed by atoms with Gasteiger partial charge < -0.3 is 14.8 Å². The predicted octanol–water partition coefficient (Wildman–Crippen LogP) is 2.92. The van der Waals surface area contributed by atoms with Crippen molar-refractivity contribution in [1.82, 2.24) is 5.32 Å². The highest BCUT2D eigenvalue weighted by Gasteiger charge is 2.15. The minimum absolute atomic E-state index is 0.0644. The minimum Gasteiger partial charge on any atom is -0.497 e. The summed E-state index contributed by atoms with van der Waals surface area (Å²) in [5.41, 5.74) is 0.937. The molecule has 2 aromatic rings. The molecule has 0 saturated heterocycles. The van der Waals surface area contributed by atoms with Crippen molar-refractivity contribution in [3.8, 4) is 11.5 Å². The average Bonchev–Trinajstić information content (AvgIpc) is 2.55. The number of ether oxygens (including phenoxy) is 2. The van der Waals surface area contributed by atoms with Crippen molar-refractivity contribution in [2.75, 3.05) is 7.11 Å². The second-order valence-electron chi connectivity index (χ2n) is 4.76. The highest BCUT2D eigenvalue weighted by molar-refractivity contribution is 5.80. The maximum absolute atomic E-state index is 13.5. The van der Waals surface area contributed by atoms with Gasteiger partial charge in [-0.1, -0.05) is 24.3 Å². The van der Waals surface area contributed by atoms with Crippen LogP contribution in [0.15, 0.2) is 48.5 Å². The van der Waals surface area contributed by atoms with Crippen molar-refractivity contribution >= 4 is 5.91 Å². The van der Waals surface area contributed by atoms with Crippen LogP contribution in [0.25, 0.3) is 0 Å². The normalized spacial score (nSPS) is 11.6. The van der Waals surface area contributed by atoms with E-state index in [9.17, 15) is 9.18 Å². The van der Waals surface area contributed by atoms with Gasteiger partial charge in [0.05, 0.1) is 7.11 Å². The number of benzene rings is 2. The molecule has 0 saturated carbocycles. The molecule has 1 N–H and O–H groups in total. The van der Waals surface area contributed by atoms with Gasteiger partial charge in [0.1, 0.15) is 5.75 Å². The lowest BCUT2D eigenvalue weighted by Crippen LogP contribution is -2.36. The number of methoxy groups -OCH3 is 1. The molecular formula is C17H18FNO3. The molecule has 0 aliphatic rings. The molecule has 0 fully saturated rings. The Balaban J connectivity index is 1.87. The Kier molecular flexibility index (Phi) is 5.36. The van der Waals surface area contributed by atoms with Crippen molar-refractivity contribution < 1.29 is 18.7 Å². The van der Waals surface area contributed by atoms with Gasteiger partial charge in [-0.05, 0) is 36.8 Å². The van der Waals surface area contributed by atoms with Crippen LogP contribution in [0.3, 0.4) is 0 Å². The Labute approximate surface area is 128 Å². The summed E-state index contributed by atoms with van der Waals surface area (Å²) in [5.74, 6) is 0.0253. The topological polar surface area (TPSA) is 47.6 Å². The summed E-state index contributed by atoms with van der Waals surface area (Å²) in [6.07, 6.45) is -0.782. The van der Waals surface area contributed by atoms with Crippen LogP contribution in [-0.2, 0) is 11.3 Å². The quantitative estimate of drug-likeness (QED) is 0.892. The molecule has 0 aliphatic carbocycles. The fourth-order valence-corrected chi connectivity index (χ4v) is 1.86. The summed E-state index contributed by atoms with van der Waals surface area (Å²) in [4.78, 5) is 12.0. The third-order valence-corrected chi connectivity index (χ3v) is 3.14. The molecule has 2 aromatic carbocycles. The van der Waals surface area contributed by atoms with E-state index in [1.807, 2.05) is 24.3 Å². The summed E-state index contributed by atoms with van der Waals surface area (Å²) < 4.78 is 23.9. The molecular weight excluding hydrogens is 285 g/mol. The maximum atomic E-state index is 13.5. The zero-order valence-electron chi connectivity index (χ0n) is 12.5. The van der Waals surface area contributed by atoms with Gasteiger partial charge in [-0.25, -0.2) is 4.39 Å². The molecule has 2 rings (SSSR count). The fourth-order valence-electron chi connectivity index (χ4n) is 1.86. The van der Waals surface area contributed by atoms with Gasteiger partial charge in [-0.15, -0.1) is 0 Å². The van der Waals surface area contributed by atoms with Gasteiger partial charge in [0.15, 0.2) is 17.7 Å². The maximum Gasteiger partial charge on any atom is 0.261 e. The van der Waals surface area contributed by atoms with E-state index in [2.05, 4.69) is 5.32 Å². The van der Waals surface area contributed by atoms with E-state index in [1.54, 1.807) is 26.2 Å². The zero-order valence-corrected chi connectivity index (χ0v) is 12.5. The molecule has 0 bridgehead atoms. The molecule has 0 spiro atoms. The molecule has 0 heterocycles. The predicted molar refractivity (Wildman–Crippen MR) is 81.3 cm³/mol. The van der Waals surface area contributed by atoms with Crippen molar-refractivity contribution in [1.29, 1.82) is 0 Å². The number of hydrogen-bond acceptors (Lipinski definition) is 3. The molecule has 1 amide bonds. The lowest BCUT2D eigenvalue weighted by molar-refractivity contribution is -0.127. The van der Waals surface area contributed by atoms with E-state index < -0.39 is 11.9 Å². The van der Waals surface area contributed by atoms with Gasteiger partial charge in [-0.3, -0.25) is 4.79 Å². The highest BCUT2D eigenvalue weighted by atomic mass is 19.1. The van der Waals surface area contributed by atoms with Crippen LogP contribution in [0.4, 0.5) is 4.39 Å². The number of hydrogen-bond donors (Lipinski definition) is 1. The summed E-state index contributed by atoms with van der Waals surface area (Å²) in [7, 11) is 1.60. The van der Waals surface area contributed by atoms with Crippen LogP contribution in [0.5, 0.6) is 11.5 Å². The molecule has 0 aliphatic heterocycles. The van der Waals surface area contributed by atoms with Crippen LogP contribution in [0.2, 0.25) is 0 Å². The molecule has 0 radical (unpaired) electrons. The third-order valence-electron chi connectivity index (χ3n) is 3.14. The number of para-hydroxylation sites is 1. The molecule has 5 heteroatoms. The van der Waals surface area contributed by atoms with Gasteiger partial charge in [0, 0.05) is 6.54 Å². The van der Waals surface area contributed by atoms with E-state index in [1.165, 1.54) is 12.1 Å². The first-order valence-corrected chi connectivity index (χ1v) is 6.92. The molecule has 1 atom stereocenters. The second kappa shape index (κ2) is 7.45. The third kappa shape index (κ3) is 4.22. The lowest BCUT2D eigenvalue weighted by atomic mass is 10.2. The Bertz CT molecular complexity index is 628. The number of rotatable bonds is 6. The van der Waals surface area contributed by atoms with Gasteiger partial charge in [0.25, 0.3) is 5.91 Å². The minimum atomic E-state index is -0.782. The largest absolute Gasteiger partial charge is 0.497 e. The summed E-state index contributed by atoms with van der Waals surface area (Å²) in [5, 5.41) is 2.75. The van der Waals surface area contributed by atoms with Crippen molar-refractivity contribution in [2.45, 2.75) is 19.6 Å². The van der Waals surface area contributed by atoms with Crippen molar-refractivity contribution in [2.24, 2.45) is 0 Å². The van der Waals surface area contributed by atoms with Crippen LogP contribution in [0.1, 0.15) is 12.5 Å². The van der Waals surface area contributed by atoms with Gasteiger partial charge in [0.2, 0.25) is 0 Å². The lowest BCUT2D eigenvalue weighted by Gasteiger charge is -2.15. The van der Waals surface area contributed by atoms with Gasteiger partial charge >= 0.3 is 0 Å². The summed E-state index contributed by atoms with van der Waals surface area (Å²) in [6.45, 7) is 1.95. The Hall–Kier alpha value is -2.56. The number of carbonyl (C=O) groups excluding carboxylic acids is 1. The first-order chi connectivity index (χ1) is 10.6. The fraction of sp³-hybridized carbons (Fsp3) is 0.235. The van der Waals surface area contributed by atoms with E-state index in [0.29, 0.717) is 6.54 Å². The number of carbonyl (C=O) groups is 1. The Morgan fingerprint density at radius 3 is 2.50 bits per heavy atom. The first-order valence-electron chi connectivity index (χ1n) is 6.92. The number of halogens is 1. The van der Waals surface area contributed by atoms with Crippen LogP contribution >= 0.6 is 0 Å². The van der Waals surface area contributed by atoms with Crippen LogP contribution < -0.4 is 14.8 Å². The van der Waals surface area contributed by atoms with Crippen LogP contribution in [0, 0.1) is 5.82 Å². The monoisotopic (exact) mass is 303 g/mol. The molecule has 0 unspecified atom stereocenters. The summed E-state index contributed by atoms with van der Waals surface area (Å²) >= 11 is 0.